The smallest absolute Gasteiger partial charge is 0.252 e. The Bertz CT molecular complexity index is 1130. The number of ketones is 1. The van der Waals surface area contributed by atoms with E-state index in [1.54, 1.807) is 11.3 Å². The zero-order valence-electron chi connectivity index (χ0n) is 20.9. The molecule has 2 saturated carbocycles. The van der Waals surface area contributed by atoms with Gasteiger partial charge in [-0.15, -0.1) is 16.8 Å². The van der Waals surface area contributed by atoms with Crippen molar-refractivity contribution in [3.8, 4) is 0 Å². The van der Waals surface area contributed by atoms with Crippen LogP contribution in [0.15, 0.2) is 24.3 Å². The second-order valence-electron chi connectivity index (χ2n) is 11.0. The third-order valence-corrected chi connectivity index (χ3v) is 9.08. The summed E-state index contributed by atoms with van der Waals surface area (Å²) in [6.07, 6.45) is 8.44. The summed E-state index contributed by atoms with van der Waals surface area (Å²) in [5.74, 6) is 1.23. The molecule has 1 amide bonds. The molecule has 192 valence electrons. The number of carbonyl (C=O) groups excluding carboxylic acids is 2. The Morgan fingerprint density at radius 1 is 1.11 bits per heavy atom. The predicted molar refractivity (Wildman–Crippen MR) is 140 cm³/mol. The van der Waals surface area contributed by atoms with Crippen LogP contribution in [0.4, 0.5) is 0 Å². The first-order valence-electron chi connectivity index (χ1n) is 13.3. The molecule has 7 nitrogen and oxygen atoms in total. The van der Waals surface area contributed by atoms with Gasteiger partial charge in [-0.1, -0.05) is 29.8 Å². The van der Waals surface area contributed by atoms with Gasteiger partial charge in [0, 0.05) is 28.6 Å². The molecule has 0 saturated heterocycles. The van der Waals surface area contributed by atoms with Gasteiger partial charge >= 0.3 is 0 Å². The first kappa shape index (κ1) is 24.9. The molecule has 0 spiro atoms. The minimum Gasteiger partial charge on any atom is -0.352 e. The number of hydrazine groups is 1. The number of hydrogen-bond acceptors (Lipinski definition) is 5. The summed E-state index contributed by atoms with van der Waals surface area (Å²) in [6.45, 7) is 2.73. The van der Waals surface area contributed by atoms with Gasteiger partial charge in [0.05, 0.1) is 11.6 Å². The van der Waals surface area contributed by atoms with Gasteiger partial charge < -0.3 is 5.32 Å². The van der Waals surface area contributed by atoms with Crippen molar-refractivity contribution in [2.75, 3.05) is 6.54 Å². The van der Waals surface area contributed by atoms with Crippen LogP contribution < -0.4 is 10.7 Å². The van der Waals surface area contributed by atoms with Gasteiger partial charge in [-0.3, -0.25) is 9.59 Å². The lowest BCUT2D eigenvalue weighted by molar-refractivity contribution is -0.551. The van der Waals surface area contributed by atoms with Crippen LogP contribution in [0.25, 0.3) is 0 Å². The molecule has 1 heterocycles. The maximum Gasteiger partial charge on any atom is 0.252 e. The van der Waals surface area contributed by atoms with Crippen LogP contribution in [0.2, 0.25) is 0 Å². The van der Waals surface area contributed by atoms with E-state index in [4.69, 9.17) is 0 Å². The number of nitrogens with one attached hydrogen (secondary N) is 2. The van der Waals surface area contributed by atoms with Crippen LogP contribution in [-0.4, -0.2) is 29.3 Å². The van der Waals surface area contributed by atoms with Crippen molar-refractivity contribution in [2.45, 2.75) is 77.2 Å². The first-order valence-corrected chi connectivity index (χ1v) is 14.1. The number of benzene rings is 1. The average Bonchev–Trinajstić information content (AvgIpc) is 3.75. The summed E-state index contributed by atoms with van der Waals surface area (Å²) in [5, 5.41) is 14.0. The summed E-state index contributed by atoms with van der Waals surface area (Å²) in [6, 6.07) is 7.86. The maximum absolute atomic E-state index is 13.3. The van der Waals surface area contributed by atoms with E-state index < -0.39 is 5.03 Å². The number of nitro groups is 1. The first-order chi connectivity index (χ1) is 17.4. The van der Waals surface area contributed by atoms with Crippen molar-refractivity contribution < 1.29 is 14.6 Å². The number of amides is 1. The van der Waals surface area contributed by atoms with E-state index >= 15 is 0 Å². The fraction of sp³-hybridized carbons (Fsp3) is 0.571. The minimum atomic E-state index is -0.434. The molecule has 2 N–H and O–H groups in total. The van der Waals surface area contributed by atoms with Crippen LogP contribution >= 0.6 is 11.3 Å². The van der Waals surface area contributed by atoms with Gasteiger partial charge in [0.15, 0.2) is 5.03 Å². The molecule has 3 aliphatic rings. The topological polar surface area (TPSA) is 101 Å². The number of carbonyl (C=O) groups is 2. The van der Waals surface area contributed by atoms with Crippen LogP contribution in [0.1, 0.15) is 75.3 Å². The molecular weight excluding hydrogens is 474 g/mol. The highest BCUT2D eigenvalue weighted by Crippen LogP contribution is 2.40. The Balaban J connectivity index is 1.33. The largest absolute Gasteiger partial charge is 0.352 e. The number of rotatable bonds is 12. The normalized spacial score (nSPS) is 19.9. The van der Waals surface area contributed by atoms with E-state index in [9.17, 15) is 19.7 Å². The zero-order chi connectivity index (χ0) is 25.2. The molecule has 3 aliphatic carbocycles. The fourth-order valence-corrected chi connectivity index (χ4v) is 6.76. The van der Waals surface area contributed by atoms with Crippen LogP contribution in [0, 0.1) is 34.8 Å². The van der Waals surface area contributed by atoms with Crippen LogP contribution in [0.3, 0.4) is 0 Å². The molecule has 0 radical (unpaired) electrons. The lowest BCUT2D eigenvalue weighted by Gasteiger charge is -2.26. The highest BCUT2D eigenvalue weighted by molar-refractivity contribution is 7.12. The van der Waals surface area contributed by atoms with E-state index in [-0.39, 0.29) is 29.6 Å². The SMILES string of the molecule is Cc1ccc(C[C@@H](CC2CCc3sc(CC(=O)C4CC4)c(C(=O)NCC4CC4)c3C2)N[N+](=O)[O-])cc1. The highest BCUT2D eigenvalue weighted by Gasteiger charge is 2.35. The van der Waals surface area contributed by atoms with Gasteiger partial charge in [0.1, 0.15) is 5.78 Å². The number of thiophene rings is 1. The molecule has 8 heteroatoms. The third-order valence-electron chi connectivity index (χ3n) is 7.79. The third kappa shape index (κ3) is 6.33. The Morgan fingerprint density at radius 2 is 1.86 bits per heavy atom. The van der Waals surface area contributed by atoms with Crippen LogP contribution in [-0.2, 0) is 30.5 Å². The number of nitrogens with zero attached hydrogens (tertiary/aromatic N) is 1. The summed E-state index contributed by atoms with van der Waals surface area (Å²) < 4.78 is 0. The van der Waals surface area contributed by atoms with Gasteiger partial charge in [0.25, 0.3) is 5.91 Å². The molecule has 0 aliphatic heterocycles. The molecule has 1 aromatic carbocycles. The van der Waals surface area contributed by atoms with Crippen molar-refractivity contribution in [3.05, 3.63) is 66.4 Å². The number of Topliss-reactive ketones (excluding diaryl/α,β-unsaturated/α-hetero) is 1. The van der Waals surface area contributed by atoms with E-state index in [2.05, 4.69) is 10.7 Å². The van der Waals surface area contributed by atoms with E-state index in [0.29, 0.717) is 31.7 Å². The molecule has 2 fully saturated rings. The quantitative estimate of drug-likeness (QED) is 0.322. The van der Waals surface area contributed by atoms with Gasteiger partial charge in [-0.05, 0) is 87.7 Å². The fourth-order valence-electron chi connectivity index (χ4n) is 5.40. The van der Waals surface area contributed by atoms with Crippen molar-refractivity contribution in [2.24, 2.45) is 17.8 Å². The molecule has 1 unspecified atom stereocenters. The van der Waals surface area contributed by atoms with E-state index in [1.165, 1.54) is 23.3 Å². The lowest BCUT2D eigenvalue weighted by Crippen LogP contribution is -2.38. The Kier molecular flexibility index (Phi) is 7.42. The van der Waals surface area contributed by atoms with E-state index in [0.717, 1.165) is 53.7 Å². The molecule has 1 aromatic heterocycles. The molecular formula is C28H35N3O4S. The zero-order valence-corrected chi connectivity index (χ0v) is 21.7. The maximum atomic E-state index is 13.3. The summed E-state index contributed by atoms with van der Waals surface area (Å²) >= 11 is 1.64. The number of fused-ring (bicyclic) bond motifs is 1. The molecule has 36 heavy (non-hydrogen) atoms. The van der Waals surface area contributed by atoms with Crippen molar-refractivity contribution in [1.29, 1.82) is 0 Å². The Labute approximate surface area is 216 Å². The Morgan fingerprint density at radius 3 is 2.53 bits per heavy atom. The monoisotopic (exact) mass is 509 g/mol. The highest BCUT2D eigenvalue weighted by atomic mass is 32.1. The van der Waals surface area contributed by atoms with Gasteiger partial charge in [0.2, 0.25) is 0 Å². The van der Waals surface area contributed by atoms with E-state index in [1.807, 2.05) is 31.2 Å². The van der Waals surface area contributed by atoms with Gasteiger partial charge in [-0.25, -0.2) is 10.1 Å². The molecule has 2 atom stereocenters. The van der Waals surface area contributed by atoms with Gasteiger partial charge in [-0.2, -0.15) is 0 Å². The number of hydrogen-bond donors (Lipinski definition) is 2. The molecule has 0 bridgehead atoms. The standard InChI is InChI=1S/C28H35N3O4S/c1-17-2-4-18(5-3-17)12-22(30-31(34)35)13-20-8-11-25-23(14-20)27(28(33)29-16-19-6-7-19)26(36-25)15-24(32)21-9-10-21/h2-5,19-22,30H,6-16H2,1H3,(H,29,33)/t20?,22-/m0/s1. The average molecular weight is 510 g/mol. The molecule has 5 rings (SSSR count). The second kappa shape index (κ2) is 10.7. The van der Waals surface area contributed by atoms with Crippen molar-refractivity contribution in [3.63, 3.8) is 0 Å². The molecule has 2 aromatic rings. The minimum absolute atomic E-state index is 0.0433. The lowest BCUT2D eigenvalue weighted by atomic mass is 9.81. The van der Waals surface area contributed by atoms with Crippen molar-refractivity contribution in [1.82, 2.24) is 10.7 Å². The van der Waals surface area contributed by atoms with Crippen molar-refractivity contribution >= 4 is 23.0 Å². The number of aryl methyl sites for hydroxylation is 2. The summed E-state index contributed by atoms with van der Waals surface area (Å²) in [5.41, 5.74) is 6.59. The van der Waals surface area contributed by atoms with Crippen LogP contribution in [0.5, 0.6) is 0 Å². The second-order valence-corrected chi connectivity index (χ2v) is 12.2. The predicted octanol–water partition coefficient (Wildman–Crippen LogP) is 4.61. The summed E-state index contributed by atoms with van der Waals surface area (Å²) in [4.78, 5) is 39.5. The Hall–Kier alpha value is -2.74. The summed E-state index contributed by atoms with van der Waals surface area (Å²) in [7, 11) is 0.